The van der Waals surface area contributed by atoms with Crippen molar-refractivity contribution in [2.45, 2.75) is 26.8 Å². The lowest BCUT2D eigenvalue weighted by atomic mass is 10.0. The van der Waals surface area contributed by atoms with E-state index in [9.17, 15) is 4.79 Å². The van der Waals surface area contributed by atoms with E-state index in [0.717, 1.165) is 27.6 Å². The third kappa shape index (κ3) is 4.53. The molecule has 2 aromatic carbocycles. The number of hydrogen-bond acceptors (Lipinski definition) is 4. The number of fused-ring (bicyclic) bond motifs is 1. The predicted molar refractivity (Wildman–Crippen MR) is 125 cm³/mol. The summed E-state index contributed by atoms with van der Waals surface area (Å²) >= 11 is 8.07. The van der Waals surface area contributed by atoms with E-state index in [2.05, 4.69) is 40.8 Å². The van der Waals surface area contributed by atoms with Gasteiger partial charge in [0.1, 0.15) is 0 Å². The standard InChI is InChI=1S/C23H28ClN3OS/c1-15(2)23(28)27-14-20(16(3)26(6)29-25(4)5)19-12-11-17(13-22(19)27)18-9-7-8-10-21(18)24/h7-16H,1-6H3. The molecule has 4 nitrogen and oxygen atoms in total. The molecule has 1 atom stereocenters. The highest BCUT2D eigenvalue weighted by Gasteiger charge is 2.22. The van der Waals surface area contributed by atoms with E-state index >= 15 is 0 Å². The Bertz CT molecular complexity index is 1030. The van der Waals surface area contributed by atoms with Crippen molar-refractivity contribution in [1.29, 1.82) is 0 Å². The minimum absolute atomic E-state index is 0.0904. The minimum Gasteiger partial charge on any atom is -0.287 e. The lowest BCUT2D eigenvalue weighted by molar-refractivity contribution is 0.0860. The van der Waals surface area contributed by atoms with Gasteiger partial charge in [0.15, 0.2) is 0 Å². The van der Waals surface area contributed by atoms with Gasteiger partial charge in [0, 0.05) is 46.3 Å². The Morgan fingerprint density at radius 2 is 1.76 bits per heavy atom. The monoisotopic (exact) mass is 429 g/mol. The van der Waals surface area contributed by atoms with E-state index in [1.807, 2.05) is 58.4 Å². The maximum Gasteiger partial charge on any atom is 0.233 e. The summed E-state index contributed by atoms with van der Waals surface area (Å²) in [5.41, 5.74) is 4.03. The maximum absolute atomic E-state index is 13.0. The lowest BCUT2D eigenvalue weighted by Crippen LogP contribution is -2.20. The first-order valence-electron chi connectivity index (χ1n) is 9.73. The second-order valence-electron chi connectivity index (χ2n) is 7.78. The highest BCUT2D eigenvalue weighted by molar-refractivity contribution is 7.94. The first-order chi connectivity index (χ1) is 13.7. The topological polar surface area (TPSA) is 28.5 Å². The van der Waals surface area contributed by atoms with Crippen molar-refractivity contribution in [3.63, 3.8) is 0 Å². The number of halogens is 1. The zero-order valence-electron chi connectivity index (χ0n) is 17.8. The van der Waals surface area contributed by atoms with Crippen LogP contribution in [0.3, 0.4) is 0 Å². The van der Waals surface area contributed by atoms with Crippen molar-refractivity contribution in [3.8, 4) is 11.1 Å². The van der Waals surface area contributed by atoms with Crippen LogP contribution in [0.15, 0.2) is 48.7 Å². The molecule has 0 saturated carbocycles. The van der Waals surface area contributed by atoms with Crippen LogP contribution < -0.4 is 0 Å². The van der Waals surface area contributed by atoms with E-state index in [1.165, 1.54) is 0 Å². The van der Waals surface area contributed by atoms with Gasteiger partial charge in [0.2, 0.25) is 5.91 Å². The molecule has 0 saturated heterocycles. The molecular weight excluding hydrogens is 402 g/mol. The summed E-state index contributed by atoms with van der Waals surface area (Å²) in [7, 11) is 6.12. The number of hydrogen-bond donors (Lipinski definition) is 0. The van der Waals surface area contributed by atoms with Gasteiger partial charge in [-0.15, -0.1) is 0 Å². The van der Waals surface area contributed by atoms with E-state index in [-0.39, 0.29) is 17.9 Å². The molecule has 0 spiro atoms. The number of nitrogens with zero attached hydrogens (tertiary/aromatic N) is 3. The summed E-state index contributed by atoms with van der Waals surface area (Å²) in [5, 5.41) is 1.80. The molecule has 3 aromatic rings. The summed E-state index contributed by atoms with van der Waals surface area (Å²) in [6.07, 6.45) is 2.00. The second kappa shape index (κ2) is 8.92. The molecule has 3 rings (SSSR count). The van der Waals surface area contributed by atoms with Gasteiger partial charge in [0.25, 0.3) is 0 Å². The molecule has 0 bridgehead atoms. The molecule has 0 aliphatic carbocycles. The molecule has 0 N–H and O–H groups in total. The quantitative estimate of drug-likeness (QED) is 0.425. The number of aromatic nitrogens is 1. The van der Waals surface area contributed by atoms with Crippen LogP contribution in [0.4, 0.5) is 0 Å². The van der Waals surface area contributed by atoms with Crippen molar-refractivity contribution in [1.82, 2.24) is 13.2 Å². The third-order valence-corrected chi connectivity index (χ3v) is 6.27. The average Bonchev–Trinajstić information content (AvgIpc) is 3.05. The number of rotatable bonds is 6. The van der Waals surface area contributed by atoms with Gasteiger partial charge >= 0.3 is 0 Å². The van der Waals surface area contributed by atoms with E-state index in [1.54, 1.807) is 16.7 Å². The molecule has 1 heterocycles. The highest BCUT2D eigenvalue weighted by atomic mass is 35.5. The molecule has 154 valence electrons. The van der Waals surface area contributed by atoms with Gasteiger partial charge < -0.3 is 0 Å². The minimum atomic E-state index is -0.0911. The van der Waals surface area contributed by atoms with Gasteiger partial charge in [0.05, 0.1) is 5.52 Å². The van der Waals surface area contributed by atoms with Gasteiger partial charge in [-0.1, -0.05) is 55.8 Å². The summed E-state index contributed by atoms with van der Waals surface area (Å²) in [6, 6.07) is 14.2. The Labute approximate surface area is 182 Å². The Morgan fingerprint density at radius 3 is 2.38 bits per heavy atom. The van der Waals surface area contributed by atoms with Crippen LogP contribution in [0.1, 0.15) is 37.2 Å². The van der Waals surface area contributed by atoms with Crippen LogP contribution in [-0.4, -0.2) is 40.2 Å². The van der Waals surface area contributed by atoms with E-state index in [0.29, 0.717) is 5.02 Å². The smallest absolute Gasteiger partial charge is 0.233 e. The van der Waals surface area contributed by atoms with Crippen LogP contribution in [-0.2, 0) is 0 Å². The predicted octanol–water partition coefficient (Wildman–Crippen LogP) is 6.38. The Hall–Kier alpha value is -1.79. The third-order valence-electron chi connectivity index (χ3n) is 5.04. The molecule has 29 heavy (non-hydrogen) atoms. The summed E-state index contributed by atoms with van der Waals surface area (Å²) in [4.78, 5) is 13.0. The molecule has 0 aliphatic heterocycles. The zero-order valence-corrected chi connectivity index (χ0v) is 19.4. The summed E-state index contributed by atoms with van der Waals surface area (Å²) in [5.74, 6) is -0.000667. The Kier molecular flexibility index (Phi) is 6.74. The molecule has 0 amide bonds. The summed E-state index contributed by atoms with van der Waals surface area (Å²) < 4.78 is 6.06. The normalized spacial score (nSPS) is 13.0. The Balaban J connectivity index is 2.17. The van der Waals surface area contributed by atoms with E-state index in [4.69, 9.17) is 11.6 Å². The second-order valence-corrected chi connectivity index (χ2v) is 9.65. The fraction of sp³-hybridized carbons (Fsp3) is 0.348. The average molecular weight is 430 g/mol. The number of carbonyl (C=O) groups excluding carboxylic acids is 1. The van der Waals surface area contributed by atoms with Crippen molar-refractivity contribution in [2.24, 2.45) is 5.92 Å². The van der Waals surface area contributed by atoms with Crippen molar-refractivity contribution < 1.29 is 4.79 Å². The van der Waals surface area contributed by atoms with Crippen LogP contribution in [0.2, 0.25) is 5.02 Å². The fourth-order valence-corrected chi connectivity index (χ4v) is 4.45. The first-order valence-corrected chi connectivity index (χ1v) is 10.8. The molecule has 0 fully saturated rings. The molecular formula is C23H28ClN3OS. The number of carbonyl (C=O) groups is 1. The van der Waals surface area contributed by atoms with Crippen LogP contribution in [0.5, 0.6) is 0 Å². The molecule has 6 heteroatoms. The van der Waals surface area contributed by atoms with E-state index < -0.39 is 0 Å². The first kappa shape index (κ1) is 21.9. The molecule has 1 aromatic heterocycles. The van der Waals surface area contributed by atoms with Gasteiger partial charge in [-0.05, 0) is 51.3 Å². The highest BCUT2D eigenvalue weighted by Crippen LogP contribution is 2.36. The van der Waals surface area contributed by atoms with Crippen molar-refractivity contribution in [2.75, 3.05) is 21.1 Å². The van der Waals surface area contributed by atoms with Gasteiger partial charge in [-0.25, -0.2) is 8.61 Å². The molecule has 0 radical (unpaired) electrons. The number of benzene rings is 2. The SMILES string of the molecule is CC(C)C(=O)n1cc(C(C)N(C)SN(C)C)c2ccc(-c3ccccc3Cl)cc21. The van der Waals surface area contributed by atoms with Gasteiger partial charge in [-0.2, -0.15) is 0 Å². The van der Waals surface area contributed by atoms with Crippen molar-refractivity contribution in [3.05, 3.63) is 59.2 Å². The Morgan fingerprint density at radius 1 is 1.07 bits per heavy atom. The summed E-state index contributed by atoms with van der Waals surface area (Å²) in [6.45, 7) is 6.03. The zero-order chi connectivity index (χ0) is 21.3. The fourth-order valence-electron chi connectivity index (χ4n) is 3.43. The van der Waals surface area contributed by atoms with Crippen molar-refractivity contribution >= 4 is 40.5 Å². The molecule has 0 aliphatic rings. The lowest BCUT2D eigenvalue weighted by Gasteiger charge is -2.25. The maximum atomic E-state index is 13.0. The van der Waals surface area contributed by atoms with Crippen LogP contribution >= 0.6 is 23.7 Å². The van der Waals surface area contributed by atoms with Crippen LogP contribution in [0.25, 0.3) is 22.0 Å². The van der Waals surface area contributed by atoms with Crippen LogP contribution in [0, 0.1) is 5.92 Å². The largest absolute Gasteiger partial charge is 0.287 e. The van der Waals surface area contributed by atoms with Gasteiger partial charge in [-0.3, -0.25) is 9.36 Å². The molecule has 1 unspecified atom stereocenters.